The smallest absolute Gasteiger partial charge is 0.227 e. The number of carbonyl (C=O) groups is 2. The Kier molecular flexibility index (Phi) is 5.53. The topological polar surface area (TPSA) is 62.5 Å². The van der Waals surface area contributed by atoms with E-state index in [9.17, 15) is 14.7 Å². The molecule has 0 bridgehead atoms. The molecule has 0 radical (unpaired) electrons. The SMILES string of the molecule is Cc1c(CC(=O)N2CCC[C@H](O)C2)c2c(n1CC(C)C)CC(C)(C)CC2=O. The number of hydrogen-bond donors (Lipinski definition) is 1. The minimum atomic E-state index is -0.425. The fourth-order valence-electron chi connectivity index (χ4n) is 4.68. The predicted molar refractivity (Wildman–Crippen MR) is 106 cm³/mol. The van der Waals surface area contributed by atoms with Gasteiger partial charge in [-0.3, -0.25) is 9.59 Å². The summed E-state index contributed by atoms with van der Waals surface area (Å²) in [5.41, 5.74) is 3.85. The molecule has 1 aliphatic carbocycles. The van der Waals surface area contributed by atoms with Gasteiger partial charge in [-0.2, -0.15) is 0 Å². The number of Topliss-reactive ketones (excluding diaryl/α,β-unsaturated/α-hetero) is 1. The standard InChI is InChI=1S/C22H34N2O3/c1-14(2)12-24-15(3)17(9-20(27)23-8-6-7-16(25)13-23)21-18(24)10-22(4,5)11-19(21)26/h14,16,25H,6-13H2,1-5H3/t16-/m0/s1. The fraction of sp³-hybridized carbons (Fsp3) is 0.727. The van der Waals surface area contributed by atoms with Gasteiger partial charge in [-0.15, -0.1) is 0 Å². The van der Waals surface area contributed by atoms with Crippen LogP contribution in [-0.2, 0) is 24.2 Å². The maximum Gasteiger partial charge on any atom is 0.227 e. The lowest BCUT2D eigenvalue weighted by atomic mass is 9.75. The second-order valence-corrected chi connectivity index (χ2v) is 9.64. The third-order valence-electron chi connectivity index (χ3n) is 5.95. The number of fused-ring (bicyclic) bond motifs is 1. The summed E-state index contributed by atoms with van der Waals surface area (Å²) >= 11 is 0. The zero-order valence-corrected chi connectivity index (χ0v) is 17.5. The summed E-state index contributed by atoms with van der Waals surface area (Å²) < 4.78 is 2.28. The van der Waals surface area contributed by atoms with Crippen molar-refractivity contribution in [3.05, 3.63) is 22.5 Å². The number of nitrogens with zero attached hydrogens (tertiary/aromatic N) is 2. The predicted octanol–water partition coefficient (Wildman–Crippen LogP) is 3.13. The first kappa shape index (κ1) is 20.1. The molecule has 1 amide bonds. The van der Waals surface area contributed by atoms with Crippen LogP contribution in [0.15, 0.2) is 0 Å². The third kappa shape index (κ3) is 4.13. The van der Waals surface area contributed by atoms with Gasteiger partial charge < -0.3 is 14.6 Å². The number of β-amino-alcohol motifs (C(OH)–C–C–N with tert-alkyl or cyclic N) is 1. The minimum absolute atomic E-state index is 0.0268. The van der Waals surface area contributed by atoms with E-state index < -0.39 is 6.10 Å². The lowest BCUT2D eigenvalue weighted by Crippen LogP contribution is -2.43. The third-order valence-corrected chi connectivity index (χ3v) is 5.95. The van der Waals surface area contributed by atoms with Crippen molar-refractivity contribution >= 4 is 11.7 Å². The molecule has 2 heterocycles. The van der Waals surface area contributed by atoms with Gasteiger partial charge in [0.05, 0.1) is 12.5 Å². The lowest BCUT2D eigenvalue weighted by molar-refractivity contribution is -0.133. The molecule has 1 aromatic heterocycles. The van der Waals surface area contributed by atoms with E-state index in [-0.39, 0.29) is 23.5 Å². The van der Waals surface area contributed by atoms with Crippen molar-refractivity contribution in [3.8, 4) is 0 Å². The normalized spacial score (nSPS) is 22.3. The van der Waals surface area contributed by atoms with E-state index in [1.54, 1.807) is 4.90 Å². The number of aliphatic hydroxyl groups is 1. The molecule has 27 heavy (non-hydrogen) atoms. The van der Waals surface area contributed by atoms with Crippen LogP contribution >= 0.6 is 0 Å². The fourth-order valence-corrected chi connectivity index (χ4v) is 4.68. The Hall–Kier alpha value is -1.62. The van der Waals surface area contributed by atoms with Gasteiger partial charge in [0, 0.05) is 43.0 Å². The van der Waals surface area contributed by atoms with Crippen molar-refractivity contribution in [2.45, 2.75) is 79.4 Å². The van der Waals surface area contributed by atoms with E-state index in [0.717, 1.165) is 48.3 Å². The molecule has 1 N–H and O–H groups in total. The van der Waals surface area contributed by atoms with Crippen molar-refractivity contribution < 1.29 is 14.7 Å². The molecule has 150 valence electrons. The minimum Gasteiger partial charge on any atom is -0.391 e. The largest absolute Gasteiger partial charge is 0.391 e. The number of hydrogen-bond acceptors (Lipinski definition) is 3. The summed E-state index contributed by atoms with van der Waals surface area (Å²) in [4.78, 5) is 27.7. The van der Waals surface area contributed by atoms with E-state index in [4.69, 9.17) is 0 Å². The van der Waals surface area contributed by atoms with Crippen LogP contribution in [0.2, 0.25) is 0 Å². The van der Waals surface area contributed by atoms with Gasteiger partial charge in [-0.25, -0.2) is 0 Å². The van der Waals surface area contributed by atoms with Gasteiger partial charge in [0.1, 0.15) is 0 Å². The molecule has 2 aliphatic rings. The van der Waals surface area contributed by atoms with Crippen molar-refractivity contribution in [2.75, 3.05) is 13.1 Å². The zero-order valence-electron chi connectivity index (χ0n) is 17.5. The van der Waals surface area contributed by atoms with Gasteiger partial charge in [0.25, 0.3) is 0 Å². The first-order valence-electron chi connectivity index (χ1n) is 10.3. The monoisotopic (exact) mass is 374 g/mol. The van der Waals surface area contributed by atoms with Crippen molar-refractivity contribution in [1.82, 2.24) is 9.47 Å². The van der Waals surface area contributed by atoms with Crippen molar-refractivity contribution in [3.63, 3.8) is 0 Å². The van der Waals surface area contributed by atoms with Crippen LogP contribution in [-0.4, -0.2) is 45.5 Å². The van der Waals surface area contributed by atoms with Crippen LogP contribution < -0.4 is 0 Å². The molecule has 1 aliphatic heterocycles. The first-order valence-corrected chi connectivity index (χ1v) is 10.3. The number of piperidine rings is 1. The summed E-state index contributed by atoms with van der Waals surface area (Å²) in [6.07, 6.45) is 2.85. The molecular formula is C22H34N2O3. The Morgan fingerprint density at radius 2 is 2.00 bits per heavy atom. The van der Waals surface area contributed by atoms with Crippen LogP contribution in [0.25, 0.3) is 0 Å². The van der Waals surface area contributed by atoms with E-state index in [2.05, 4.69) is 39.2 Å². The molecule has 1 fully saturated rings. The number of rotatable bonds is 4. The average Bonchev–Trinajstić information content (AvgIpc) is 2.79. The first-order chi connectivity index (χ1) is 12.6. The Balaban J connectivity index is 1.96. The number of ketones is 1. The second-order valence-electron chi connectivity index (χ2n) is 9.64. The van der Waals surface area contributed by atoms with Crippen LogP contribution in [0.5, 0.6) is 0 Å². The Morgan fingerprint density at radius 3 is 2.63 bits per heavy atom. The van der Waals surface area contributed by atoms with E-state index in [0.29, 0.717) is 25.4 Å². The van der Waals surface area contributed by atoms with Gasteiger partial charge in [0.15, 0.2) is 5.78 Å². The zero-order chi connectivity index (χ0) is 19.9. The molecule has 0 aromatic carbocycles. The molecule has 0 saturated carbocycles. The Labute approximate surface area is 162 Å². The highest BCUT2D eigenvalue weighted by Gasteiger charge is 2.37. The number of likely N-dealkylation sites (tertiary alicyclic amines) is 1. The van der Waals surface area contributed by atoms with Crippen LogP contribution in [0.3, 0.4) is 0 Å². The highest BCUT2D eigenvalue weighted by molar-refractivity contribution is 6.01. The highest BCUT2D eigenvalue weighted by Crippen LogP contribution is 2.39. The van der Waals surface area contributed by atoms with Gasteiger partial charge in [-0.05, 0) is 43.1 Å². The Morgan fingerprint density at radius 1 is 1.30 bits per heavy atom. The van der Waals surface area contributed by atoms with Crippen molar-refractivity contribution in [1.29, 1.82) is 0 Å². The molecule has 1 aromatic rings. The molecule has 5 heteroatoms. The summed E-state index contributed by atoms with van der Waals surface area (Å²) in [5, 5.41) is 9.89. The Bertz CT molecular complexity index is 745. The molecular weight excluding hydrogens is 340 g/mol. The van der Waals surface area contributed by atoms with Crippen LogP contribution in [0.4, 0.5) is 0 Å². The van der Waals surface area contributed by atoms with Crippen molar-refractivity contribution in [2.24, 2.45) is 11.3 Å². The summed E-state index contributed by atoms with van der Waals surface area (Å²) in [5.74, 6) is 0.674. The van der Waals surface area contributed by atoms with E-state index >= 15 is 0 Å². The maximum atomic E-state index is 13.0. The highest BCUT2D eigenvalue weighted by atomic mass is 16.3. The second kappa shape index (κ2) is 7.42. The quantitative estimate of drug-likeness (QED) is 0.881. The summed E-state index contributed by atoms with van der Waals surface area (Å²) in [7, 11) is 0. The number of amides is 1. The number of carbonyl (C=O) groups excluding carboxylic acids is 2. The van der Waals surface area contributed by atoms with E-state index in [1.807, 2.05) is 0 Å². The van der Waals surface area contributed by atoms with Crippen LogP contribution in [0, 0.1) is 18.3 Å². The molecule has 5 nitrogen and oxygen atoms in total. The summed E-state index contributed by atoms with van der Waals surface area (Å²) in [6, 6.07) is 0. The number of aliphatic hydroxyl groups excluding tert-OH is 1. The molecule has 3 rings (SSSR count). The lowest BCUT2D eigenvalue weighted by Gasteiger charge is -2.31. The molecule has 1 atom stereocenters. The number of aromatic nitrogens is 1. The van der Waals surface area contributed by atoms with E-state index in [1.165, 1.54) is 0 Å². The van der Waals surface area contributed by atoms with Gasteiger partial charge >= 0.3 is 0 Å². The average molecular weight is 375 g/mol. The van der Waals surface area contributed by atoms with Crippen LogP contribution in [0.1, 0.15) is 74.3 Å². The van der Waals surface area contributed by atoms with Gasteiger partial charge in [-0.1, -0.05) is 27.7 Å². The van der Waals surface area contributed by atoms with Gasteiger partial charge in [0.2, 0.25) is 5.91 Å². The maximum absolute atomic E-state index is 13.0. The molecule has 0 spiro atoms. The molecule has 1 saturated heterocycles. The summed E-state index contributed by atoms with van der Waals surface area (Å²) in [6.45, 7) is 12.7. The molecule has 0 unspecified atom stereocenters.